The first-order chi connectivity index (χ1) is 9.44. The van der Waals surface area contributed by atoms with Crippen molar-refractivity contribution in [2.75, 3.05) is 27.2 Å². The zero-order valence-corrected chi connectivity index (χ0v) is 14.3. The Kier molecular flexibility index (Phi) is 8.90. The van der Waals surface area contributed by atoms with Crippen LogP contribution in [0.2, 0.25) is 0 Å². The molecule has 5 nitrogen and oxygen atoms in total. The molecule has 0 radical (unpaired) electrons. The molecule has 0 bridgehead atoms. The highest BCUT2D eigenvalue weighted by Gasteiger charge is 2.34. The van der Waals surface area contributed by atoms with Gasteiger partial charge in [0.2, 0.25) is 11.8 Å². The smallest absolute Gasteiger partial charge is 0.224 e. The van der Waals surface area contributed by atoms with Crippen LogP contribution in [0.1, 0.15) is 45.4 Å². The molecular weight excluding hydrogens is 290 g/mol. The molecule has 0 aromatic carbocycles. The lowest BCUT2D eigenvalue weighted by molar-refractivity contribution is -0.134. The van der Waals surface area contributed by atoms with Crippen LogP contribution >= 0.6 is 12.4 Å². The van der Waals surface area contributed by atoms with Gasteiger partial charge in [-0.05, 0) is 24.8 Å². The Morgan fingerprint density at radius 3 is 2.33 bits per heavy atom. The van der Waals surface area contributed by atoms with Gasteiger partial charge in [-0.2, -0.15) is 0 Å². The first-order valence-electron chi connectivity index (χ1n) is 7.60. The van der Waals surface area contributed by atoms with Crippen LogP contribution in [-0.2, 0) is 9.59 Å². The molecule has 124 valence electrons. The Bertz CT molecular complexity index is 344. The number of hydrogen-bond donors (Lipinski definition) is 2. The molecule has 1 aliphatic carbocycles. The first-order valence-corrected chi connectivity index (χ1v) is 7.60. The van der Waals surface area contributed by atoms with Crippen molar-refractivity contribution in [1.29, 1.82) is 0 Å². The van der Waals surface area contributed by atoms with Crippen LogP contribution in [-0.4, -0.2) is 43.9 Å². The predicted octanol–water partition coefficient (Wildman–Crippen LogP) is 1.55. The number of rotatable bonds is 6. The van der Waals surface area contributed by atoms with E-state index in [1.165, 1.54) is 19.3 Å². The van der Waals surface area contributed by atoms with Gasteiger partial charge >= 0.3 is 0 Å². The number of carbonyl (C=O) groups is 2. The number of nitrogens with one attached hydrogen (secondary N) is 1. The summed E-state index contributed by atoms with van der Waals surface area (Å²) in [7, 11) is 3.39. The van der Waals surface area contributed by atoms with E-state index in [2.05, 4.69) is 5.32 Å². The van der Waals surface area contributed by atoms with Crippen LogP contribution in [0, 0.1) is 11.3 Å². The van der Waals surface area contributed by atoms with Gasteiger partial charge in [-0.3, -0.25) is 9.59 Å². The Balaban J connectivity index is 0.00000400. The lowest BCUT2D eigenvalue weighted by Crippen LogP contribution is -2.42. The highest BCUT2D eigenvalue weighted by Crippen LogP contribution is 2.38. The van der Waals surface area contributed by atoms with Crippen molar-refractivity contribution >= 4 is 24.2 Å². The lowest BCUT2D eigenvalue weighted by Gasteiger charge is -2.37. The molecule has 2 amide bonds. The van der Waals surface area contributed by atoms with Crippen LogP contribution in [0.5, 0.6) is 0 Å². The molecule has 1 unspecified atom stereocenters. The maximum atomic E-state index is 12.4. The fourth-order valence-corrected chi connectivity index (χ4v) is 3.05. The number of amides is 2. The van der Waals surface area contributed by atoms with Gasteiger partial charge in [0, 0.05) is 27.1 Å². The normalized spacial score (nSPS) is 18.3. The molecule has 1 rings (SSSR count). The molecule has 0 spiro atoms. The van der Waals surface area contributed by atoms with Crippen molar-refractivity contribution in [2.24, 2.45) is 17.1 Å². The van der Waals surface area contributed by atoms with E-state index in [1.54, 1.807) is 19.0 Å². The molecule has 0 aliphatic heterocycles. The molecular formula is C15H30ClN3O2. The number of hydrogen-bond acceptors (Lipinski definition) is 3. The molecule has 1 fully saturated rings. The van der Waals surface area contributed by atoms with E-state index in [-0.39, 0.29) is 35.6 Å². The number of nitrogens with zero attached hydrogens (tertiary/aromatic N) is 1. The van der Waals surface area contributed by atoms with E-state index in [0.717, 1.165) is 12.8 Å². The van der Waals surface area contributed by atoms with Crippen molar-refractivity contribution < 1.29 is 9.59 Å². The van der Waals surface area contributed by atoms with Gasteiger partial charge in [0.1, 0.15) is 0 Å². The maximum absolute atomic E-state index is 12.4. The summed E-state index contributed by atoms with van der Waals surface area (Å²) < 4.78 is 0. The van der Waals surface area contributed by atoms with E-state index in [9.17, 15) is 9.59 Å². The number of carbonyl (C=O) groups excluding carboxylic acids is 2. The summed E-state index contributed by atoms with van der Waals surface area (Å²) >= 11 is 0. The van der Waals surface area contributed by atoms with Gasteiger partial charge in [-0.15, -0.1) is 12.4 Å². The monoisotopic (exact) mass is 319 g/mol. The van der Waals surface area contributed by atoms with Gasteiger partial charge in [0.05, 0.1) is 5.92 Å². The molecule has 0 heterocycles. The van der Waals surface area contributed by atoms with Gasteiger partial charge in [0.25, 0.3) is 0 Å². The average Bonchev–Trinajstić information content (AvgIpc) is 2.47. The third kappa shape index (κ3) is 5.83. The summed E-state index contributed by atoms with van der Waals surface area (Å²) in [5.74, 6) is -0.113. The van der Waals surface area contributed by atoms with E-state index in [4.69, 9.17) is 5.73 Å². The van der Waals surface area contributed by atoms with Crippen LogP contribution < -0.4 is 11.1 Å². The Morgan fingerprint density at radius 2 is 1.86 bits per heavy atom. The molecule has 21 heavy (non-hydrogen) atoms. The second-order valence-corrected chi connectivity index (χ2v) is 6.23. The lowest BCUT2D eigenvalue weighted by atomic mass is 9.71. The topological polar surface area (TPSA) is 75.4 Å². The molecule has 1 saturated carbocycles. The van der Waals surface area contributed by atoms with Gasteiger partial charge in [0.15, 0.2) is 0 Å². The zero-order valence-electron chi connectivity index (χ0n) is 13.5. The van der Waals surface area contributed by atoms with E-state index >= 15 is 0 Å². The molecule has 0 aromatic rings. The zero-order chi connectivity index (χ0) is 15.2. The van der Waals surface area contributed by atoms with Gasteiger partial charge in [-0.1, -0.05) is 26.2 Å². The highest BCUT2D eigenvalue weighted by molar-refractivity contribution is 5.85. The largest absolute Gasteiger partial charge is 0.359 e. The quantitative estimate of drug-likeness (QED) is 0.780. The Morgan fingerprint density at radius 1 is 1.29 bits per heavy atom. The summed E-state index contributed by atoms with van der Waals surface area (Å²) in [5.41, 5.74) is 5.91. The van der Waals surface area contributed by atoms with Crippen LogP contribution in [0.3, 0.4) is 0 Å². The van der Waals surface area contributed by atoms with Crippen LogP contribution in [0.25, 0.3) is 0 Å². The molecule has 6 heteroatoms. The second kappa shape index (κ2) is 9.26. The summed E-state index contributed by atoms with van der Waals surface area (Å²) in [5, 5.41) is 2.61. The van der Waals surface area contributed by atoms with Crippen molar-refractivity contribution in [2.45, 2.75) is 45.4 Å². The van der Waals surface area contributed by atoms with E-state index in [0.29, 0.717) is 19.5 Å². The van der Waals surface area contributed by atoms with Gasteiger partial charge < -0.3 is 16.0 Å². The van der Waals surface area contributed by atoms with Crippen LogP contribution in [0.15, 0.2) is 0 Å². The highest BCUT2D eigenvalue weighted by atomic mass is 35.5. The summed E-state index contributed by atoms with van der Waals surface area (Å²) in [4.78, 5) is 25.5. The van der Waals surface area contributed by atoms with E-state index < -0.39 is 0 Å². The molecule has 0 saturated heterocycles. The number of nitrogens with two attached hydrogens (primary N) is 1. The maximum Gasteiger partial charge on any atom is 0.224 e. The van der Waals surface area contributed by atoms with Gasteiger partial charge in [-0.25, -0.2) is 0 Å². The predicted molar refractivity (Wildman–Crippen MR) is 87.3 cm³/mol. The van der Waals surface area contributed by atoms with Crippen LogP contribution in [0.4, 0.5) is 0 Å². The minimum atomic E-state index is -0.186. The molecule has 1 atom stereocenters. The minimum absolute atomic E-state index is 0. The standard InChI is InChI=1S/C15H29N3O2.ClH/c1-12(14(20)17-2)10-18(3)13(19)9-15(11-16)7-5-4-6-8-15;/h12H,4-11,16H2,1-3H3,(H,17,20);1H. The van der Waals surface area contributed by atoms with Crippen molar-refractivity contribution in [1.82, 2.24) is 10.2 Å². The summed E-state index contributed by atoms with van der Waals surface area (Å²) in [6.07, 6.45) is 6.20. The van der Waals surface area contributed by atoms with Crippen molar-refractivity contribution in [3.63, 3.8) is 0 Å². The molecule has 0 aromatic heterocycles. The second-order valence-electron chi connectivity index (χ2n) is 6.23. The first kappa shape index (κ1) is 20.2. The van der Waals surface area contributed by atoms with Crippen molar-refractivity contribution in [3.05, 3.63) is 0 Å². The fraction of sp³-hybridized carbons (Fsp3) is 0.867. The minimum Gasteiger partial charge on any atom is -0.359 e. The number of halogens is 1. The fourth-order valence-electron chi connectivity index (χ4n) is 3.05. The van der Waals surface area contributed by atoms with Crippen molar-refractivity contribution in [3.8, 4) is 0 Å². The summed E-state index contributed by atoms with van der Waals surface area (Å²) in [6.45, 7) is 2.87. The average molecular weight is 320 g/mol. The SMILES string of the molecule is CNC(=O)C(C)CN(C)C(=O)CC1(CN)CCCCC1.Cl. The summed E-state index contributed by atoms with van der Waals surface area (Å²) in [6, 6.07) is 0. The third-order valence-electron chi connectivity index (χ3n) is 4.54. The van der Waals surface area contributed by atoms with E-state index in [1.807, 2.05) is 6.92 Å². The molecule has 3 N–H and O–H groups in total. The molecule has 1 aliphatic rings. The Labute approximate surface area is 134 Å². The Hall–Kier alpha value is -0.810. The third-order valence-corrected chi connectivity index (χ3v) is 4.54.